The predicted octanol–water partition coefficient (Wildman–Crippen LogP) is 3.17. The second kappa shape index (κ2) is 10.4. The Bertz CT molecular complexity index is 1370. The Hall–Kier alpha value is -3.74. The summed E-state index contributed by atoms with van der Waals surface area (Å²) in [7, 11) is 0. The fourth-order valence-corrected chi connectivity index (χ4v) is 4.86. The summed E-state index contributed by atoms with van der Waals surface area (Å²) in [6, 6.07) is 3.47. The van der Waals surface area contributed by atoms with Crippen LogP contribution in [0.3, 0.4) is 0 Å². The molecule has 11 nitrogen and oxygen atoms in total. The molecule has 0 saturated heterocycles. The normalized spacial score (nSPS) is 19.8. The number of amides is 2. The highest BCUT2D eigenvalue weighted by molar-refractivity contribution is 6.01. The first-order valence-corrected chi connectivity index (χ1v) is 13.0. The molecule has 13 heteroatoms. The third-order valence-electron chi connectivity index (χ3n) is 6.96. The van der Waals surface area contributed by atoms with Crippen LogP contribution in [0.1, 0.15) is 91.2 Å². The fourth-order valence-electron chi connectivity index (χ4n) is 4.86. The van der Waals surface area contributed by atoms with Crippen LogP contribution in [0.5, 0.6) is 11.6 Å². The van der Waals surface area contributed by atoms with Crippen molar-refractivity contribution in [3.8, 4) is 11.6 Å². The van der Waals surface area contributed by atoms with Crippen molar-refractivity contribution in [2.24, 2.45) is 5.73 Å². The van der Waals surface area contributed by atoms with E-state index in [-0.39, 0.29) is 35.9 Å². The molecule has 0 atom stereocenters. The third-order valence-corrected chi connectivity index (χ3v) is 6.96. The third kappa shape index (κ3) is 5.82. The topological polar surface area (TPSA) is 146 Å². The van der Waals surface area contributed by atoms with E-state index in [1.807, 2.05) is 6.07 Å². The zero-order valence-electron chi connectivity index (χ0n) is 21.8. The zero-order valence-corrected chi connectivity index (χ0v) is 21.8. The molecular weight excluding hydrogens is 514 g/mol. The van der Waals surface area contributed by atoms with Crippen LogP contribution >= 0.6 is 0 Å². The molecule has 0 spiro atoms. The number of fused-ring (bicyclic) bond motifs is 1. The first kappa shape index (κ1) is 26.9. The number of hydrogen-bond acceptors (Lipinski definition) is 7. The van der Waals surface area contributed by atoms with Crippen molar-refractivity contribution in [2.75, 3.05) is 6.61 Å². The standard InChI is InChI=1S/C26H32F2N6O5/c1-26(2,37)13-38-20-10-9-19-17(11-30-33(19)21(20)14-3-4-14)23(36)32-15-5-7-16(8-6-15)39-24-18(22(29)35)12-31-34(24)25(27)28/h9-12,14-16,25,37H,3-8,13H2,1-2H3,(H2,29,35)(H,32,36). The van der Waals surface area contributed by atoms with Crippen LogP contribution in [0, 0.1) is 0 Å². The van der Waals surface area contributed by atoms with Gasteiger partial charge in [-0.1, -0.05) is 0 Å². The quantitative estimate of drug-likeness (QED) is 0.354. The van der Waals surface area contributed by atoms with Crippen molar-refractivity contribution in [3.05, 3.63) is 41.3 Å². The highest BCUT2D eigenvalue weighted by atomic mass is 19.3. The van der Waals surface area contributed by atoms with Gasteiger partial charge in [0.15, 0.2) is 0 Å². The summed E-state index contributed by atoms with van der Waals surface area (Å²) in [6.07, 6.45) is 6.20. The number of alkyl halides is 2. The highest BCUT2D eigenvalue weighted by Crippen LogP contribution is 2.44. The molecule has 39 heavy (non-hydrogen) atoms. The van der Waals surface area contributed by atoms with E-state index in [1.54, 1.807) is 30.6 Å². The number of carbonyl (C=O) groups is 2. The minimum absolute atomic E-state index is 0.132. The van der Waals surface area contributed by atoms with Gasteiger partial charge in [0, 0.05) is 12.0 Å². The van der Waals surface area contributed by atoms with E-state index in [1.165, 1.54) is 0 Å². The van der Waals surface area contributed by atoms with E-state index in [0.29, 0.717) is 47.2 Å². The molecule has 0 radical (unpaired) electrons. The first-order valence-electron chi connectivity index (χ1n) is 13.0. The van der Waals surface area contributed by atoms with E-state index in [2.05, 4.69) is 15.5 Å². The van der Waals surface area contributed by atoms with E-state index in [9.17, 15) is 23.5 Å². The van der Waals surface area contributed by atoms with Crippen molar-refractivity contribution in [1.29, 1.82) is 0 Å². The molecule has 0 aromatic carbocycles. The van der Waals surface area contributed by atoms with Gasteiger partial charge in [0.2, 0.25) is 5.88 Å². The Labute approximate surface area is 223 Å². The number of nitrogens with one attached hydrogen (secondary N) is 1. The monoisotopic (exact) mass is 546 g/mol. The number of hydrogen-bond donors (Lipinski definition) is 3. The molecule has 2 fully saturated rings. The van der Waals surface area contributed by atoms with Gasteiger partial charge in [-0.15, -0.1) is 0 Å². The van der Waals surface area contributed by atoms with Crippen LogP contribution in [0.4, 0.5) is 8.78 Å². The summed E-state index contributed by atoms with van der Waals surface area (Å²) in [5.74, 6) is -0.560. The summed E-state index contributed by atoms with van der Waals surface area (Å²) in [5.41, 5.74) is 6.10. The SMILES string of the molecule is CC(C)(O)COc1ccc2c(C(=O)NC3CCC(Oc4c(C(N)=O)cnn4C(F)F)CC3)cnn2c1C1CC1. The molecule has 2 saturated carbocycles. The predicted molar refractivity (Wildman–Crippen MR) is 135 cm³/mol. The Kier molecular flexibility index (Phi) is 7.19. The number of carbonyl (C=O) groups excluding carboxylic acids is 2. The lowest BCUT2D eigenvalue weighted by Crippen LogP contribution is -2.40. The van der Waals surface area contributed by atoms with Gasteiger partial charge in [-0.3, -0.25) is 9.59 Å². The van der Waals surface area contributed by atoms with Gasteiger partial charge in [0.1, 0.15) is 24.0 Å². The molecule has 2 aliphatic rings. The smallest absolute Gasteiger partial charge is 0.336 e. The Morgan fingerprint density at radius 3 is 2.44 bits per heavy atom. The summed E-state index contributed by atoms with van der Waals surface area (Å²) < 4.78 is 40.3. The highest BCUT2D eigenvalue weighted by Gasteiger charge is 2.33. The van der Waals surface area contributed by atoms with Crippen molar-refractivity contribution >= 4 is 17.3 Å². The van der Waals surface area contributed by atoms with Gasteiger partial charge in [-0.2, -0.15) is 23.7 Å². The lowest BCUT2D eigenvalue weighted by Gasteiger charge is -2.29. The van der Waals surface area contributed by atoms with E-state index >= 15 is 0 Å². The Morgan fingerprint density at radius 2 is 1.82 bits per heavy atom. The Morgan fingerprint density at radius 1 is 1.13 bits per heavy atom. The molecule has 3 aromatic rings. The van der Waals surface area contributed by atoms with Gasteiger partial charge in [-0.25, -0.2) is 4.52 Å². The number of nitrogens with zero attached hydrogens (tertiary/aromatic N) is 4. The second-order valence-electron chi connectivity index (χ2n) is 10.8. The maximum absolute atomic E-state index is 13.3. The molecule has 0 unspecified atom stereocenters. The van der Waals surface area contributed by atoms with Crippen LogP contribution in [0.25, 0.3) is 5.52 Å². The lowest BCUT2D eigenvalue weighted by molar-refractivity contribution is 0.0279. The van der Waals surface area contributed by atoms with Crippen molar-refractivity contribution in [3.63, 3.8) is 0 Å². The minimum Gasteiger partial charge on any atom is -0.489 e. The maximum atomic E-state index is 13.3. The van der Waals surface area contributed by atoms with E-state index in [0.717, 1.165) is 24.7 Å². The van der Waals surface area contributed by atoms with Crippen LogP contribution < -0.4 is 20.5 Å². The molecule has 2 aliphatic carbocycles. The average Bonchev–Trinajstić information content (AvgIpc) is 3.46. The molecular formula is C26H32F2N6O5. The number of nitrogens with two attached hydrogens (primary N) is 1. The number of ether oxygens (including phenoxy) is 2. The summed E-state index contributed by atoms with van der Waals surface area (Å²) in [6.45, 7) is 0.511. The van der Waals surface area contributed by atoms with Gasteiger partial charge in [0.25, 0.3) is 11.8 Å². The van der Waals surface area contributed by atoms with Crippen LogP contribution in [-0.4, -0.2) is 60.7 Å². The number of primary amides is 1. The van der Waals surface area contributed by atoms with E-state index < -0.39 is 24.2 Å². The van der Waals surface area contributed by atoms with Gasteiger partial charge < -0.3 is 25.6 Å². The maximum Gasteiger partial charge on any atom is 0.336 e. The molecule has 3 heterocycles. The fraction of sp³-hybridized carbons (Fsp3) is 0.538. The summed E-state index contributed by atoms with van der Waals surface area (Å²) >= 11 is 0. The van der Waals surface area contributed by atoms with Crippen LogP contribution in [0.15, 0.2) is 24.5 Å². The van der Waals surface area contributed by atoms with Gasteiger partial charge in [0.05, 0.1) is 34.8 Å². The number of aliphatic hydroxyl groups is 1. The first-order chi connectivity index (χ1) is 18.5. The largest absolute Gasteiger partial charge is 0.489 e. The van der Waals surface area contributed by atoms with Gasteiger partial charge >= 0.3 is 6.55 Å². The second-order valence-corrected chi connectivity index (χ2v) is 10.8. The molecule has 2 amide bonds. The number of halogens is 2. The molecule has 4 N–H and O–H groups in total. The summed E-state index contributed by atoms with van der Waals surface area (Å²) in [4.78, 5) is 24.8. The molecule has 210 valence electrons. The molecule has 0 bridgehead atoms. The lowest BCUT2D eigenvalue weighted by atomic mass is 9.92. The average molecular weight is 547 g/mol. The van der Waals surface area contributed by atoms with Gasteiger partial charge in [-0.05, 0) is 64.5 Å². The molecule has 0 aliphatic heterocycles. The Balaban J connectivity index is 1.24. The number of pyridine rings is 1. The minimum atomic E-state index is -2.97. The van der Waals surface area contributed by atoms with Crippen LogP contribution in [-0.2, 0) is 0 Å². The molecule has 5 rings (SSSR count). The zero-order chi connectivity index (χ0) is 27.9. The number of aromatic nitrogens is 4. The van der Waals surface area contributed by atoms with Crippen LogP contribution in [0.2, 0.25) is 0 Å². The van der Waals surface area contributed by atoms with Crippen molar-refractivity contribution in [1.82, 2.24) is 24.7 Å². The van der Waals surface area contributed by atoms with E-state index in [4.69, 9.17) is 15.2 Å². The molecule has 3 aromatic heterocycles. The van der Waals surface area contributed by atoms with Crippen molar-refractivity contribution < 1.29 is 33.0 Å². The van der Waals surface area contributed by atoms with Crippen molar-refractivity contribution in [2.45, 2.75) is 82.6 Å². The number of rotatable bonds is 10. The summed E-state index contributed by atoms with van der Waals surface area (Å²) in [5, 5.41) is 21.1.